The van der Waals surface area contributed by atoms with Gasteiger partial charge in [0.05, 0.1) is 0 Å². The SMILES string of the molecule is COC(=O)N1CC[C@@]2(Br)c3cccc(N=[N+]=[N-])c3N([Te](C)=O)[C@@H]12. The molecule has 2 atom stereocenters. The van der Waals surface area contributed by atoms with Crippen molar-refractivity contribution in [3.05, 3.63) is 34.2 Å². The summed E-state index contributed by atoms with van der Waals surface area (Å²) in [5, 5.41) is 3.73. The molecule has 23 heavy (non-hydrogen) atoms. The van der Waals surface area contributed by atoms with Crippen molar-refractivity contribution in [3.63, 3.8) is 0 Å². The number of amides is 1. The summed E-state index contributed by atoms with van der Waals surface area (Å²) in [6.45, 7) is 0.496. The van der Waals surface area contributed by atoms with Gasteiger partial charge in [0.2, 0.25) is 0 Å². The minimum atomic E-state index is -2.93. The average Bonchev–Trinajstić information content (AvgIpc) is 2.99. The normalized spacial score (nSPS) is 25.1. The van der Waals surface area contributed by atoms with Crippen molar-refractivity contribution in [3.8, 4) is 0 Å². The zero-order valence-electron chi connectivity index (χ0n) is 12.5. The molecule has 0 radical (unpaired) electrons. The number of likely N-dealkylation sites (tertiary alicyclic amines) is 1. The first-order valence-electron chi connectivity index (χ1n) is 6.80. The van der Waals surface area contributed by atoms with Crippen LogP contribution in [-0.2, 0) is 12.2 Å². The van der Waals surface area contributed by atoms with Crippen LogP contribution in [0.2, 0.25) is 4.97 Å². The van der Waals surface area contributed by atoms with Crippen LogP contribution < -0.4 is 3.15 Å². The second-order valence-corrected chi connectivity index (χ2v) is 10.2. The van der Waals surface area contributed by atoms with Gasteiger partial charge in [-0.1, -0.05) is 0 Å². The van der Waals surface area contributed by atoms with Gasteiger partial charge < -0.3 is 0 Å². The van der Waals surface area contributed by atoms with Crippen LogP contribution >= 0.6 is 15.9 Å². The summed E-state index contributed by atoms with van der Waals surface area (Å²) in [6.07, 6.45) is -0.249. The summed E-state index contributed by atoms with van der Waals surface area (Å²) < 4.78 is 18.6. The molecular weight excluding hydrogens is 482 g/mol. The van der Waals surface area contributed by atoms with Gasteiger partial charge in [0.1, 0.15) is 0 Å². The number of hydrogen-bond acceptors (Lipinski definition) is 4. The Morgan fingerprint density at radius 3 is 2.96 bits per heavy atom. The Bertz CT molecular complexity index is 753. The van der Waals surface area contributed by atoms with Crippen LogP contribution in [0.4, 0.5) is 16.2 Å². The van der Waals surface area contributed by atoms with E-state index in [9.17, 15) is 7.90 Å². The van der Waals surface area contributed by atoms with Crippen LogP contribution in [0.3, 0.4) is 0 Å². The predicted octanol–water partition coefficient (Wildman–Crippen LogP) is 3.39. The molecule has 122 valence electrons. The second-order valence-electron chi connectivity index (χ2n) is 5.26. The van der Waals surface area contributed by atoms with Crippen molar-refractivity contribution < 1.29 is 12.6 Å². The maximum absolute atomic E-state index is 12.6. The summed E-state index contributed by atoms with van der Waals surface area (Å²) in [5.74, 6) is 0. The second kappa shape index (κ2) is 5.95. The van der Waals surface area contributed by atoms with Gasteiger partial charge in [-0.2, -0.15) is 0 Å². The van der Waals surface area contributed by atoms with Crippen molar-refractivity contribution >= 4 is 53.2 Å². The summed E-state index contributed by atoms with van der Waals surface area (Å²) in [6, 6.07) is 5.40. The summed E-state index contributed by atoms with van der Waals surface area (Å²) in [5.41, 5.74) is 10.8. The first-order chi connectivity index (χ1) is 11.0. The fourth-order valence-corrected chi connectivity index (χ4v) is 7.59. The van der Waals surface area contributed by atoms with Crippen LogP contribution in [0.1, 0.15) is 12.0 Å². The number of fused-ring (bicyclic) bond motifs is 3. The van der Waals surface area contributed by atoms with E-state index < -0.39 is 36.4 Å². The monoisotopic (exact) mass is 497 g/mol. The van der Waals surface area contributed by atoms with E-state index >= 15 is 0 Å². The number of methoxy groups -OCH3 is 1. The Morgan fingerprint density at radius 1 is 1.61 bits per heavy atom. The number of hydrogen-bond donors (Lipinski definition) is 0. The van der Waals surface area contributed by atoms with E-state index in [1.165, 1.54) is 7.11 Å². The molecule has 2 heterocycles. The fourth-order valence-electron chi connectivity index (χ4n) is 3.29. The summed E-state index contributed by atoms with van der Waals surface area (Å²) in [7, 11) is 1.33. The zero-order valence-corrected chi connectivity index (χ0v) is 16.4. The third-order valence-corrected chi connectivity index (χ3v) is 8.07. The van der Waals surface area contributed by atoms with Gasteiger partial charge in [-0.15, -0.1) is 0 Å². The predicted molar refractivity (Wildman–Crippen MR) is 88.2 cm³/mol. The van der Waals surface area contributed by atoms with Gasteiger partial charge >= 0.3 is 149 Å². The Morgan fingerprint density at radius 2 is 2.35 bits per heavy atom. The Kier molecular flexibility index (Phi) is 4.27. The molecule has 0 saturated carbocycles. The molecule has 0 spiro atoms. The Labute approximate surface area is 148 Å². The van der Waals surface area contributed by atoms with Crippen LogP contribution in [0.25, 0.3) is 10.4 Å². The molecule has 1 aromatic carbocycles. The standard InChI is InChI=1S/C13H14BrN5O3Te/c1-22-12(20)18-7-6-13(14)8-4-3-5-9(16-17-15)10(8)19(11(13)18)23(2)21/h3-5,11H,6-7H2,1-2H3/t11-,13-/m1/s1. The molecule has 2 aliphatic rings. The quantitative estimate of drug-likeness (QED) is 0.206. The van der Waals surface area contributed by atoms with Gasteiger partial charge in [-0.05, 0) is 0 Å². The maximum atomic E-state index is 12.6. The van der Waals surface area contributed by atoms with E-state index in [0.29, 0.717) is 24.3 Å². The number of benzene rings is 1. The van der Waals surface area contributed by atoms with Crippen LogP contribution in [0.5, 0.6) is 0 Å². The number of ether oxygens (including phenoxy) is 1. The summed E-state index contributed by atoms with van der Waals surface area (Å²) in [4.78, 5) is 18.2. The molecule has 0 aromatic heterocycles. The number of para-hydroxylation sites is 1. The zero-order chi connectivity index (χ0) is 16.8. The number of alkyl halides is 1. The average molecular weight is 496 g/mol. The molecule has 1 fully saturated rings. The van der Waals surface area contributed by atoms with E-state index in [4.69, 9.17) is 10.3 Å². The molecule has 10 heteroatoms. The third-order valence-electron chi connectivity index (χ3n) is 4.16. The van der Waals surface area contributed by atoms with Crippen LogP contribution in [-0.4, -0.2) is 50.6 Å². The van der Waals surface area contributed by atoms with Crippen molar-refractivity contribution in [2.24, 2.45) is 5.11 Å². The number of carbonyl (C=O) groups is 1. The van der Waals surface area contributed by atoms with Crippen molar-refractivity contribution in [1.82, 2.24) is 4.90 Å². The molecular formula is C13H14BrN5O3Te. The van der Waals surface area contributed by atoms with E-state index in [-0.39, 0.29) is 0 Å². The van der Waals surface area contributed by atoms with Gasteiger partial charge in [-0.3, -0.25) is 0 Å². The molecule has 0 aliphatic carbocycles. The van der Waals surface area contributed by atoms with Crippen LogP contribution in [0, 0.1) is 0 Å². The number of halogens is 1. The molecule has 0 unspecified atom stereocenters. The Balaban J connectivity index is 2.23. The molecule has 2 aliphatic heterocycles. The molecule has 0 N–H and O–H groups in total. The molecule has 1 amide bonds. The van der Waals surface area contributed by atoms with E-state index in [0.717, 1.165) is 5.56 Å². The number of anilines is 1. The Hall–Kier alpha value is -1.33. The van der Waals surface area contributed by atoms with Crippen molar-refractivity contribution in [2.75, 3.05) is 16.8 Å². The number of rotatable bonds is 2. The molecule has 1 aromatic rings. The van der Waals surface area contributed by atoms with Crippen molar-refractivity contribution in [1.29, 1.82) is 0 Å². The van der Waals surface area contributed by atoms with E-state index in [1.807, 2.05) is 6.07 Å². The van der Waals surface area contributed by atoms with E-state index in [1.54, 1.807) is 25.2 Å². The molecule has 0 bridgehead atoms. The molecule has 3 rings (SSSR count). The van der Waals surface area contributed by atoms with Gasteiger partial charge in [0, 0.05) is 0 Å². The number of azide groups is 1. The van der Waals surface area contributed by atoms with E-state index in [2.05, 4.69) is 26.0 Å². The van der Waals surface area contributed by atoms with Crippen LogP contribution in [0.15, 0.2) is 23.3 Å². The molecule has 1 saturated heterocycles. The summed E-state index contributed by atoms with van der Waals surface area (Å²) >= 11 is 0.835. The van der Waals surface area contributed by atoms with Gasteiger partial charge in [-0.25, -0.2) is 0 Å². The number of nitrogens with zero attached hydrogens (tertiary/aromatic N) is 5. The number of carbonyl (C=O) groups excluding carboxylic acids is 1. The van der Waals surface area contributed by atoms with Gasteiger partial charge in [0.15, 0.2) is 0 Å². The fraction of sp³-hybridized carbons (Fsp3) is 0.462. The third kappa shape index (κ3) is 2.32. The van der Waals surface area contributed by atoms with Gasteiger partial charge in [0.25, 0.3) is 0 Å². The topological polar surface area (TPSA) is 98.6 Å². The molecule has 8 nitrogen and oxygen atoms in total. The van der Waals surface area contributed by atoms with Crippen molar-refractivity contribution in [2.45, 2.75) is 21.9 Å². The minimum absolute atomic E-state index is 0.423. The first-order valence-corrected chi connectivity index (χ1v) is 11.9. The first kappa shape index (κ1) is 16.5.